The molecule has 43 heavy (non-hydrogen) atoms. The zero-order valence-electron chi connectivity index (χ0n) is 25.2. The average Bonchev–Trinajstić information content (AvgIpc) is 3.04. The quantitative estimate of drug-likeness (QED) is 0.133. The van der Waals surface area contributed by atoms with E-state index in [-0.39, 0.29) is 12.7 Å². The number of anilines is 3. The standard InChI is InChI=1S/C39H39NO3/c1-29-4-14-34(15-5-29)35-16-22-38(23-17-35)40(36-18-6-30(2)7-19-36)37-20-10-32(11-21-37)8-9-33-12-24-39(25-13-33)43-28-31(3)42-27-26-41/h4-7,10-26,31H,8-9,27-28H2,1-3H3. The Bertz CT molecular complexity index is 1570. The Morgan fingerprint density at radius 3 is 1.53 bits per heavy atom. The van der Waals surface area contributed by atoms with Gasteiger partial charge in [0.25, 0.3) is 0 Å². The van der Waals surface area contributed by atoms with Crippen LogP contribution in [0.1, 0.15) is 29.2 Å². The molecule has 0 N–H and O–H groups in total. The molecule has 5 aromatic rings. The molecule has 0 aliphatic heterocycles. The Balaban J connectivity index is 1.26. The van der Waals surface area contributed by atoms with E-state index in [2.05, 4.69) is 128 Å². The van der Waals surface area contributed by atoms with Crippen molar-refractivity contribution < 1.29 is 14.3 Å². The van der Waals surface area contributed by atoms with Crippen molar-refractivity contribution in [2.45, 2.75) is 39.7 Å². The van der Waals surface area contributed by atoms with Gasteiger partial charge in [0.15, 0.2) is 0 Å². The lowest BCUT2D eigenvalue weighted by atomic mass is 10.0. The number of aldehydes is 1. The summed E-state index contributed by atoms with van der Waals surface area (Å²) >= 11 is 0. The summed E-state index contributed by atoms with van der Waals surface area (Å²) in [5, 5.41) is 0. The topological polar surface area (TPSA) is 38.8 Å². The molecule has 4 nitrogen and oxygen atoms in total. The predicted molar refractivity (Wildman–Crippen MR) is 177 cm³/mol. The number of ether oxygens (including phenoxy) is 2. The highest BCUT2D eigenvalue weighted by atomic mass is 16.5. The van der Waals surface area contributed by atoms with Gasteiger partial charge >= 0.3 is 0 Å². The number of carbonyl (C=O) groups excluding carboxylic acids is 1. The first kappa shape index (κ1) is 29.8. The van der Waals surface area contributed by atoms with Crippen molar-refractivity contribution in [3.63, 3.8) is 0 Å². The molecule has 0 spiro atoms. The Hall–Kier alpha value is -4.67. The van der Waals surface area contributed by atoms with Crippen molar-refractivity contribution in [1.29, 1.82) is 0 Å². The van der Waals surface area contributed by atoms with Crippen LogP contribution in [0.25, 0.3) is 11.1 Å². The Morgan fingerprint density at radius 1 is 0.605 bits per heavy atom. The van der Waals surface area contributed by atoms with Gasteiger partial charge in [-0.2, -0.15) is 0 Å². The first-order chi connectivity index (χ1) is 21.0. The first-order valence-electron chi connectivity index (χ1n) is 14.9. The third-order valence-corrected chi connectivity index (χ3v) is 7.56. The van der Waals surface area contributed by atoms with Crippen LogP contribution in [0, 0.1) is 13.8 Å². The number of hydrogen-bond donors (Lipinski definition) is 0. The van der Waals surface area contributed by atoms with Crippen molar-refractivity contribution in [3.05, 3.63) is 144 Å². The lowest BCUT2D eigenvalue weighted by Crippen LogP contribution is -2.19. The van der Waals surface area contributed by atoms with Gasteiger partial charge in [-0.3, -0.25) is 0 Å². The molecular formula is C39H39NO3. The summed E-state index contributed by atoms with van der Waals surface area (Å²) in [5.74, 6) is 0.803. The SMILES string of the molecule is Cc1ccc(-c2ccc(N(c3ccc(C)cc3)c3ccc(CCc4ccc(OCC(C)OCC=O)cc4)cc3)cc2)cc1. The maximum Gasteiger partial charge on any atom is 0.145 e. The van der Waals surface area contributed by atoms with E-state index in [1.54, 1.807) is 0 Å². The number of carbonyl (C=O) groups is 1. The minimum absolute atomic E-state index is 0.0933. The van der Waals surface area contributed by atoms with Gasteiger partial charge in [-0.15, -0.1) is 0 Å². The largest absolute Gasteiger partial charge is 0.491 e. The second-order valence-electron chi connectivity index (χ2n) is 11.0. The molecular weight excluding hydrogens is 530 g/mol. The first-order valence-corrected chi connectivity index (χ1v) is 14.9. The summed E-state index contributed by atoms with van der Waals surface area (Å²) in [7, 11) is 0. The third-order valence-electron chi connectivity index (χ3n) is 7.56. The second kappa shape index (κ2) is 14.5. The highest BCUT2D eigenvalue weighted by Crippen LogP contribution is 2.36. The highest BCUT2D eigenvalue weighted by molar-refractivity contribution is 5.78. The minimum Gasteiger partial charge on any atom is -0.491 e. The molecule has 0 heterocycles. The lowest BCUT2D eigenvalue weighted by molar-refractivity contribution is -0.113. The van der Waals surface area contributed by atoms with Crippen LogP contribution in [-0.4, -0.2) is 25.6 Å². The van der Waals surface area contributed by atoms with Crippen LogP contribution >= 0.6 is 0 Å². The van der Waals surface area contributed by atoms with E-state index in [0.717, 1.165) is 41.9 Å². The number of hydrogen-bond acceptors (Lipinski definition) is 4. The molecule has 0 radical (unpaired) electrons. The van der Waals surface area contributed by atoms with Crippen molar-refractivity contribution in [1.82, 2.24) is 0 Å². The fourth-order valence-corrected chi connectivity index (χ4v) is 5.01. The smallest absolute Gasteiger partial charge is 0.145 e. The van der Waals surface area contributed by atoms with Gasteiger partial charge < -0.3 is 19.2 Å². The molecule has 1 unspecified atom stereocenters. The highest BCUT2D eigenvalue weighted by Gasteiger charge is 2.13. The van der Waals surface area contributed by atoms with E-state index in [9.17, 15) is 4.79 Å². The van der Waals surface area contributed by atoms with Crippen LogP contribution < -0.4 is 9.64 Å². The van der Waals surface area contributed by atoms with Gasteiger partial charge in [-0.25, -0.2) is 0 Å². The Morgan fingerprint density at radius 2 is 1.02 bits per heavy atom. The number of nitrogens with zero attached hydrogens (tertiary/aromatic N) is 1. The Kier molecular flexibility index (Phi) is 10.0. The van der Waals surface area contributed by atoms with E-state index < -0.39 is 0 Å². The van der Waals surface area contributed by atoms with E-state index in [4.69, 9.17) is 9.47 Å². The number of benzene rings is 5. The molecule has 218 valence electrons. The molecule has 0 saturated heterocycles. The third kappa shape index (κ3) is 8.21. The molecule has 4 heteroatoms. The maximum atomic E-state index is 10.5. The van der Waals surface area contributed by atoms with Gasteiger partial charge in [0, 0.05) is 17.1 Å². The van der Waals surface area contributed by atoms with Crippen LogP contribution in [0.3, 0.4) is 0 Å². The molecule has 0 aliphatic carbocycles. The van der Waals surface area contributed by atoms with E-state index in [0.29, 0.717) is 6.61 Å². The van der Waals surface area contributed by atoms with Gasteiger partial charge in [0.2, 0.25) is 0 Å². The molecule has 0 amide bonds. The van der Waals surface area contributed by atoms with Gasteiger partial charge in [-0.1, -0.05) is 83.9 Å². The number of aryl methyl sites for hydroxylation is 4. The fourth-order valence-electron chi connectivity index (χ4n) is 5.01. The van der Waals surface area contributed by atoms with E-state index in [1.165, 1.54) is 33.4 Å². The summed E-state index contributed by atoms with van der Waals surface area (Å²) in [4.78, 5) is 12.8. The van der Waals surface area contributed by atoms with Crippen molar-refractivity contribution in [2.75, 3.05) is 18.1 Å². The minimum atomic E-state index is -0.132. The molecule has 0 fully saturated rings. The molecule has 0 saturated carbocycles. The number of rotatable bonds is 13. The summed E-state index contributed by atoms with van der Waals surface area (Å²) in [5.41, 5.74) is 10.9. The Labute approximate surface area is 255 Å². The summed E-state index contributed by atoms with van der Waals surface area (Å²) in [6.07, 6.45) is 2.52. The zero-order valence-corrected chi connectivity index (χ0v) is 25.2. The van der Waals surface area contributed by atoms with Crippen LogP contribution in [0.15, 0.2) is 121 Å². The van der Waals surface area contributed by atoms with Crippen molar-refractivity contribution in [3.8, 4) is 16.9 Å². The lowest BCUT2D eigenvalue weighted by Gasteiger charge is -2.26. The van der Waals surface area contributed by atoms with Crippen molar-refractivity contribution in [2.24, 2.45) is 0 Å². The summed E-state index contributed by atoms with van der Waals surface area (Å²) < 4.78 is 11.1. The van der Waals surface area contributed by atoms with E-state index in [1.807, 2.05) is 19.1 Å². The molecule has 0 aliphatic rings. The summed E-state index contributed by atoms with van der Waals surface area (Å²) in [6.45, 7) is 6.63. The van der Waals surface area contributed by atoms with Crippen LogP contribution in [0.4, 0.5) is 17.1 Å². The fraction of sp³-hybridized carbons (Fsp3) is 0.205. The van der Waals surface area contributed by atoms with E-state index >= 15 is 0 Å². The maximum absolute atomic E-state index is 10.5. The van der Waals surface area contributed by atoms with Crippen LogP contribution in [0.5, 0.6) is 5.75 Å². The molecule has 0 aromatic heterocycles. The van der Waals surface area contributed by atoms with Crippen molar-refractivity contribution >= 4 is 23.3 Å². The van der Waals surface area contributed by atoms with Gasteiger partial charge in [-0.05, 0) is 104 Å². The zero-order chi connectivity index (χ0) is 30.0. The van der Waals surface area contributed by atoms with Gasteiger partial charge in [0.1, 0.15) is 25.2 Å². The second-order valence-corrected chi connectivity index (χ2v) is 11.0. The normalized spacial score (nSPS) is 11.6. The molecule has 5 aromatic carbocycles. The molecule has 0 bridgehead atoms. The van der Waals surface area contributed by atoms with Crippen LogP contribution in [0.2, 0.25) is 0 Å². The summed E-state index contributed by atoms with van der Waals surface area (Å²) in [6, 6.07) is 43.3. The average molecular weight is 570 g/mol. The molecule has 5 rings (SSSR count). The van der Waals surface area contributed by atoms with Gasteiger partial charge in [0.05, 0.1) is 6.10 Å². The van der Waals surface area contributed by atoms with Crippen LogP contribution in [-0.2, 0) is 22.4 Å². The monoisotopic (exact) mass is 569 g/mol. The predicted octanol–water partition coefficient (Wildman–Crippen LogP) is 9.21. The molecule has 1 atom stereocenters.